The maximum Gasteiger partial charge on any atom is 0.274 e. The zero-order valence-corrected chi connectivity index (χ0v) is 11.0. The summed E-state index contributed by atoms with van der Waals surface area (Å²) in [6.07, 6.45) is 2.07. The topological polar surface area (TPSA) is 104 Å². The molecule has 0 saturated carbocycles. The fraction of sp³-hybridized carbons (Fsp3) is 0.583. The Hall–Kier alpha value is -1.73. The number of hydrazine groups is 1. The second-order valence-corrected chi connectivity index (χ2v) is 5.09. The van der Waals surface area contributed by atoms with Crippen LogP contribution >= 0.6 is 0 Å². The number of aliphatic hydroxyl groups is 1. The van der Waals surface area contributed by atoms with E-state index in [9.17, 15) is 9.90 Å². The standard InChI is InChI=1S/C12H19N5O2/c1-12(19)5-2-7-17(8-6-12)11(18)9-3-4-10(14-13)16-15-9/h3-4,19H,2,5-8,13H2,1H3,(H,14,16). The lowest BCUT2D eigenvalue weighted by Crippen LogP contribution is -2.34. The number of likely N-dealkylation sites (tertiary alicyclic amines) is 1. The van der Waals surface area contributed by atoms with E-state index in [0.717, 1.165) is 6.42 Å². The number of carbonyl (C=O) groups is 1. The first-order chi connectivity index (χ1) is 9.02. The maximum absolute atomic E-state index is 12.3. The van der Waals surface area contributed by atoms with Crippen LogP contribution in [0.15, 0.2) is 12.1 Å². The molecular weight excluding hydrogens is 246 g/mol. The third kappa shape index (κ3) is 3.39. The summed E-state index contributed by atoms with van der Waals surface area (Å²) in [6.45, 7) is 2.97. The van der Waals surface area contributed by atoms with E-state index < -0.39 is 5.60 Å². The number of nitrogens with two attached hydrogens (primary N) is 1. The van der Waals surface area contributed by atoms with Crippen molar-refractivity contribution in [1.29, 1.82) is 0 Å². The highest BCUT2D eigenvalue weighted by atomic mass is 16.3. The van der Waals surface area contributed by atoms with Crippen molar-refractivity contribution in [3.63, 3.8) is 0 Å². The van der Waals surface area contributed by atoms with Crippen LogP contribution in [-0.2, 0) is 0 Å². The quantitative estimate of drug-likeness (QED) is 0.519. The number of hydrogen-bond acceptors (Lipinski definition) is 6. The Bertz CT molecular complexity index is 446. The molecule has 7 heteroatoms. The second kappa shape index (κ2) is 5.50. The fourth-order valence-corrected chi connectivity index (χ4v) is 2.15. The lowest BCUT2D eigenvalue weighted by Gasteiger charge is -2.22. The van der Waals surface area contributed by atoms with Gasteiger partial charge in [-0.3, -0.25) is 4.79 Å². The van der Waals surface area contributed by atoms with E-state index in [1.54, 1.807) is 17.0 Å². The highest BCUT2D eigenvalue weighted by Crippen LogP contribution is 2.22. The number of nitrogens with zero attached hydrogens (tertiary/aromatic N) is 3. The van der Waals surface area contributed by atoms with Crippen LogP contribution in [0.4, 0.5) is 5.82 Å². The van der Waals surface area contributed by atoms with Crippen LogP contribution in [0.5, 0.6) is 0 Å². The first-order valence-electron chi connectivity index (χ1n) is 6.34. The summed E-state index contributed by atoms with van der Waals surface area (Å²) in [6, 6.07) is 3.20. The highest BCUT2D eigenvalue weighted by Gasteiger charge is 2.27. The minimum atomic E-state index is -0.686. The van der Waals surface area contributed by atoms with Gasteiger partial charge in [-0.15, -0.1) is 10.2 Å². The number of anilines is 1. The molecule has 2 rings (SSSR count). The van der Waals surface area contributed by atoms with Gasteiger partial charge in [-0.25, -0.2) is 5.84 Å². The van der Waals surface area contributed by atoms with Gasteiger partial charge in [0.1, 0.15) is 0 Å². The summed E-state index contributed by atoms with van der Waals surface area (Å²) in [5, 5.41) is 17.6. The van der Waals surface area contributed by atoms with E-state index in [1.807, 2.05) is 6.92 Å². The molecule has 1 atom stereocenters. The summed E-state index contributed by atoms with van der Waals surface area (Å²) in [7, 11) is 0. The molecule has 4 N–H and O–H groups in total. The summed E-state index contributed by atoms with van der Waals surface area (Å²) in [5.74, 6) is 5.45. The average Bonchev–Trinajstić information content (AvgIpc) is 2.59. The van der Waals surface area contributed by atoms with Crippen molar-refractivity contribution < 1.29 is 9.90 Å². The molecular formula is C12H19N5O2. The van der Waals surface area contributed by atoms with Gasteiger partial charge in [-0.1, -0.05) is 0 Å². The molecule has 0 radical (unpaired) electrons. The molecule has 1 amide bonds. The third-order valence-corrected chi connectivity index (χ3v) is 3.38. The monoisotopic (exact) mass is 265 g/mol. The SMILES string of the molecule is CC1(O)CCCN(C(=O)c2ccc(NN)nn2)CC1. The Balaban J connectivity index is 2.06. The third-order valence-electron chi connectivity index (χ3n) is 3.38. The van der Waals surface area contributed by atoms with E-state index in [-0.39, 0.29) is 5.91 Å². The highest BCUT2D eigenvalue weighted by molar-refractivity contribution is 5.92. The molecule has 1 aliphatic heterocycles. The van der Waals surface area contributed by atoms with E-state index in [1.165, 1.54) is 0 Å². The number of amides is 1. The van der Waals surface area contributed by atoms with Gasteiger partial charge in [0.15, 0.2) is 11.5 Å². The lowest BCUT2D eigenvalue weighted by molar-refractivity contribution is 0.0437. The van der Waals surface area contributed by atoms with Crippen molar-refractivity contribution in [3.05, 3.63) is 17.8 Å². The van der Waals surface area contributed by atoms with Gasteiger partial charge in [-0.2, -0.15) is 0 Å². The van der Waals surface area contributed by atoms with Crippen LogP contribution in [0.25, 0.3) is 0 Å². The normalized spacial score (nSPS) is 23.8. The van der Waals surface area contributed by atoms with E-state index in [0.29, 0.717) is 37.4 Å². The molecule has 19 heavy (non-hydrogen) atoms. The molecule has 0 spiro atoms. The number of hydrogen-bond donors (Lipinski definition) is 3. The van der Waals surface area contributed by atoms with Crippen LogP contribution in [0.1, 0.15) is 36.7 Å². The molecule has 1 aliphatic rings. The van der Waals surface area contributed by atoms with Gasteiger partial charge >= 0.3 is 0 Å². The van der Waals surface area contributed by atoms with Crippen LogP contribution in [-0.4, -0.2) is 44.8 Å². The Labute approximate surface area is 111 Å². The van der Waals surface area contributed by atoms with Gasteiger partial charge in [0.05, 0.1) is 5.60 Å². The molecule has 0 aliphatic carbocycles. The maximum atomic E-state index is 12.3. The lowest BCUT2D eigenvalue weighted by atomic mass is 9.98. The number of nitrogens with one attached hydrogen (secondary N) is 1. The molecule has 104 valence electrons. The molecule has 1 saturated heterocycles. The van der Waals surface area contributed by atoms with Crippen molar-refractivity contribution in [1.82, 2.24) is 15.1 Å². The minimum Gasteiger partial charge on any atom is -0.390 e. The minimum absolute atomic E-state index is 0.159. The van der Waals surface area contributed by atoms with E-state index in [4.69, 9.17) is 5.84 Å². The van der Waals surface area contributed by atoms with Crippen molar-refractivity contribution >= 4 is 11.7 Å². The molecule has 0 bridgehead atoms. The summed E-state index contributed by atoms with van der Waals surface area (Å²) in [5.41, 5.74) is 1.97. The Morgan fingerprint density at radius 3 is 2.84 bits per heavy atom. The van der Waals surface area contributed by atoms with Gasteiger partial charge in [0.25, 0.3) is 5.91 Å². The first-order valence-corrected chi connectivity index (χ1v) is 6.34. The number of nitrogen functional groups attached to an aromatic ring is 1. The smallest absolute Gasteiger partial charge is 0.274 e. The molecule has 1 unspecified atom stereocenters. The number of aromatic nitrogens is 2. The fourth-order valence-electron chi connectivity index (χ4n) is 2.15. The van der Waals surface area contributed by atoms with Crippen molar-refractivity contribution in [2.45, 2.75) is 31.8 Å². The Morgan fingerprint density at radius 1 is 1.42 bits per heavy atom. The van der Waals surface area contributed by atoms with Crippen molar-refractivity contribution in [2.24, 2.45) is 5.84 Å². The molecule has 1 aromatic rings. The van der Waals surface area contributed by atoms with Crippen molar-refractivity contribution in [3.8, 4) is 0 Å². The Kier molecular flexibility index (Phi) is 3.96. The molecule has 2 heterocycles. The van der Waals surface area contributed by atoms with Crippen molar-refractivity contribution in [2.75, 3.05) is 18.5 Å². The summed E-state index contributed by atoms with van der Waals surface area (Å²) < 4.78 is 0. The van der Waals surface area contributed by atoms with Crippen LogP contribution in [0.2, 0.25) is 0 Å². The van der Waals surface area contributed by atoms with Gasteiger partial charge in [0, 0.05) is 13.1 Å². The average molecular weight is 265 g/mol. The van der Waals surface area contributed by atoms with Crippen LogP contribution in [0, 0.1) is 0 Å². The molecule has 7 nitrogen and oxygen atoms in total. The van der Waals surface area contributed by atoms with E-state index >= 15 is 0 Å². The largest absolute Gasteiger partial charge is 0.390 e. The summed E-state index contributed by atoms with van der Waals surface area (Å²) in [4.78, 5) is 14.0. The van der Waals surface area contributed by atoms with Crippen LogP contribution in [0.3, 0.4) is 0 Å². The summed E-state index contributed by atoms with van der Waals surface area (Å²) >= 11 is 0. The zero-order chi connectivity index (χ0) is 13.9. The van der Waals surface area contributed by atoms with E-state index in [2.05, 4.69) is 15.6 Å². The number of rotatable bonds is 2. The zero-order valence-electron chi connectivity index (χ0n) is 11.0. The van der Waals surface area contributed by atoms with Gasteiger partial charge in [-0.05, 0) is 38.3 Å². The van der Waals surface area contributed by atoms with Gasteiger partial charge in [0.2, 0.25) is 0 Å². The first kappa shape index (κ1) is 13.7. The Morgan fingerprint density at radius 2 is 2.21 bits per heavy atom. The van der Waals surface area contributed by atoms with Gasteiger partial charge < -0.3 is 15.4 Å². The molecule has 0 aromatic carbocycles. The number of carbonyl (C=O) groups excluding carboxylic acids is 1. The predicted octanol–water partition coefficient (Wildman–Crippen LogP) is 0.139. The second-order valence-electron chi connectivity index (χ2n) is 5.09. The molecule has 1 aromatic heterocycles. The van der Waals surface area contributed by atoms with Crippen LogP contribution < -0.4 is 11.3 Å². The predicted molar refractivity (Wildman–Crippen MR) is 70.2 cm³/mol. The molecule has 1 fully saturated rings.